The fourth-order valence-corrected chi connectivity index (χ4v) is 2.43. The van der Waals surface area contributed by atoms with E-state index < -0.39 is 0 Å². The zero-order valence-corrected chi connectivity index (χ0v) is 13.6. The van der Waals surface area contributed by atoms with E-state index in [-0.39, 0.29) is 11.9 Å². The standard InChI is InChI=1S/C19H24O3/c1-14-8-7-9-15(2)18(14)21-12-16(3)19(20)22-13-17-10-5-4-6-11-17/h4-6,8,10-11,16H,7,9,12-13H2,1-3H3. The van der Waals surface area contributed by atoms with Crippen molar-refractivity contribution in [2.45, 2.75) is 40.2 Å². The van der Waals surface area contributed by atoms with Crippen LogP contribution in [0.5, 0.6) is 0 Å². The number of hydrogen-bond acceptors (Lipinski definition) is 3. The molecule has 1 aromatic carbocycles. The quantitative estimate of drug-likeness (QED) is 0.731. The lowest BCUT2D eigenvalue weighted by Crippen LogP contribution is -2.20. The van der Waals surface area contributed by atoms with Crippen molar-refractivity contribution in [2.75, 3.05) is 6.61 Å². The molecule has 1 aromatic rings. The summed E-state index contributed by atoms with van der Waals surface area (Å²) in [6.07, 6.45) is 4.28. The van der Waals surface area contributed by atoms with Gasteiger partial charge in [-0.2, -0.15) is 0 Å². The van der Waals surface area contributed by atoms with Crippen LogP contribution in [0.25, 0.3) is 0 Å². The molecule has 0 bridgehead atoms. The van der Waals surface area contributed by atoms with Crippen LogP contribution in [0.1, 0.15) is 39.2 Å². The summed E-state index contributed by atoms with van der Waals surface area (Å²) in [5.74, 6) is 0.437. The first-order valence-corrected chi connectivity index (χ1v) is 7.78. The minimum absolute atomic E-state index is 0.223. The Bertz CT molecular complexity index is 570. The summed E-state index contributed by atoms with van der Waals surface area (Å²) in [5, 5.41) is 0. The highest BCUT2D eigenvalue weighted by molar-refractivity contribution is 5.72. The first-order valence-electron chi connectivity index (χ1n) is 7.78. The molecule has 0 fully saturated rings. The highest BCUT2D eigenvalue weighted by Gasteiger charge is 2.18. The van der Waals surface area contributed by atoms with Crippen LogP contribution >= 0.6 is 0 Å². The third kappa shape index (κ3) is 4.48. The molecule has 0 saturated carbocycles. The van der Waals surface area contributed by atoms with Crippen molar-refractivity contribution in [1.29, 1.82) is 0 Å². The van der Waals surface area contributed by atoms with Gasteiger partial charge in [0.05, 0.1) is 5.92 Å². The molecule has 0 aliphatic heterocycles. The summed E-state index contributed by atoms with van der Waals surface area (Å²) in [6.45, 7) is 6.64. The number of rotatable bonds is 6. The van der Waals surface area contributed by atoms with Crippen molar-refractivity contribution < 1.29 is 14.3 Å². The van der Waals surface area contributed by atoms with Crippen molar-refractivity contribution in [1.82, 2.24) is 0 Å². The smallest absolute Gasteiger partial charge is 0.312 e. The molecule has 2 rings (SSSR count). The van der Waals surface area contributed by atoms with Crippen LogP contribution in [-0.2, 0) is 20.9 Å². The van der Waals surface area contributed by atoms with E-state index in [2.05, 4.69) is 19.9 Å². The lowest BCUT2D eigenvalue weighted by Gasteiger charge is -2.20. The number of allylic oxidation sites excluding steroid dienone is 3. The minimum atomic E-state index is -0.279. The average Bonchev–Trinajstić information content (AvgIpc) is 2.53. The van der Waals surface area contributed by atoms with Crippen molar-refractivity contribution >= 4 is 5.97 Å². The molecule has 0 heterocycles. The van der Waals surface area contributed by atoms with Crippen molar-refractivity contribution in [3.8, 4) is 0 Å². The van der Waals surface area contributed by atoms with Gasteiger partial charge in [0.15, 0.2) is 0 Å². The van der Waals surface area contributed by atoms with E-state index in [0.29, 0.717) is 13.2 Å². The van der Waals surface area contributed by atoms with Gasteiger partial charge < -0.3 is 9.47 Å². The normalized spacial score (nSPS) is 16.0. The Hall–Kier alpha value is -2.03. The van der Waals surface area contributed by atoms with Crippen LogP contribution in [0, 0.1) is 5.92 Å². The predicted molar refractivity (Wildman–Crippen MR) is 87.0 cm³/mol. The second-order valence-electron chi connectivity index (χ2n) is 5.84. The molecule has 0 amide bonds. The van der Waals surface area contributed by atoms with Gasteiger partial charge >= 0.3 is 5.97 Å². The lowest BCUT2D eigenvalue weighted by molar-refractivity contribution is -0.150. The van der Waals surface area contributed by atoms with Crippen LogP contribution in [0.2, 0.25) is 0 Å². The highest BCUT2D eigenvalue weighted by Crippen LogP contribution is 2.26. The summed E-state index contributed by atoms with van der Waals surface area (Å²) in [4.78, 5) is 12.0. The third-order valence-corrected chi connectivity index (χ3v) is 3.82. The molecule has 0 saturated heterocycles. The minimum Gasteiger partial charge on any atom is -0.493 e. The topological polar surface area (TPSA) is 35.5 Å². The molecule has 1 unspecified atom stereocenters. The van der Waals surface area contributed by atoms with E-state index in [1.807, 2.05) is 37.3 Å². The molecule has 1 atom stereocenters. The van der Waals surface area contributed by atoms with Crippen molar-refractivity contribution in [3.63, 3.8) is 0 Å². The Labute approximate surface area is 132 Å². The maximum atomic E-state index is 12.0. The van der Waals surface area contributed by atoms with Crippen molar-refractivity contribution in [3.05, 3.63) is 58.9 Å². The van der Waals surface area contributed by atoms with E-state index in [1.54, 1.807) is 0 Å². The average molecular weight is 300 g/mol. The fourth-order valence-electron chi connectivity index (χ4n) is 2.43. The lowest BCUT2D eigenvalue weighted by atomic mass is 9.99. The van der Waals surface area contributed by atoms with Gasteiger partial charge in [-0.25, -0.2) is 0 Å². The molecule has 1 aliphatic carbocycles. The molecular formula is C19H24O3. The third-order valence-electron chi connectivity index (χ3n) is 3.82. The van der Waals surface area contributed by atoms with E-state index in [4.69, 9.17) is 9.47 Å². The first-order chi connectivity index (χ1) is 10.6. The summed E-state index contributed by atoms with van der Waals surface area (Å²) in [6, 6.07) is 9.70. The summed E-state index contributed by atoms with van der Waals surface area (Å²) < 4.78 is 11.2. The van der Waals surface area contributed by atoms with E-state index in [9.17, 15) is 4.79 Å². The molecule has 0 spiro atoms. The Kier molecular flexibility index (Phi) is 5.82. The Morgan fingerprint density at radius 1 is 1.23 bits per heavy atom. The summed E-state index contributed by atoms with van der Waals surface area (Å²) in [7, 11) is 0. The predicted octanol–water partition coefficient (Wildman–Crippen LogP) is 4.40. The van der Waals surface area contributed by atoms with Gasteiger partial charge in [0.1, 0.15) is 19.0 Å². The summed E-state index contributed by atoms with van der Waals surface area (Å²) >= 11 is 0. The van der Waals surface area contributed by atoms with Crippen molar-refractivity contribution in [2.24, 2.45) is 5.92 Å². The molecule has 22 heavy (non-hydrogen) atoms. The molecule has 118 valence electrons. The largest absolute Gasteiger partial charge is 0.493 e. The maximum absolute atomic E-state index is 12.0. The van der Waals surface area contributed by atoms with Gasteiger partial charge in [-0.15, -0.1) is 0 Å². The van der Waals surface area contributed by atoms with Gasteiger partial charge in [0.25, 0.3) is 0 Å². The van der Waals surface area contributed by atoms with Gasteiger partial charge in [-0.05, 0) is 50.3 Å². The second kappa shape index (κ2) is 7.83. The first kappa shape index (κ1) is 16.3. The van der Waals surface area contributed by atoms with Crippen LogP contribution in [-0.4, -0.2) is 12.6 Å². The zero-order valence-electron chi connectivity index (χ0n) is 13.6. The molecule has 0 radical (unpaired) electrons. The molecule has 1 aliphatic rings. The molecular weight excluding hydrogens is 276 g/mol. The number of hydrogen-bond donors (Lipinski definition) is 0. The summed E-state index contributed by atoms with van der Waals surface area (Å²) in [5.41, 5.74) is 3.41. The fraction of sp³-hybridized carbons (Fsp3) is 0.421. The number of carbonyl (C=O) groups is 1. The number of carbonyl (C=O) groups excluding carboxylic acids is 1. The van der Waals surface area contributed by atoms with Crippen LogP contribution in [0.4, 0.5) is 0 Å². The Morgan fingerprint density at radius 3 is 2.64 bits per heavy atom. The van der Waals surface area contributed by atoms with E-state index in [0.717, 1.165) is 29.7 Å². The van der Waals surface area contributed by atoms with Crippen LogP contribution < -0.4 is 0 Å². The molecule has 3 nitrogen and oxygen atoms in total. The van der Waals surface area contributed by atoms with Crippen LogP contribution in [0.15, 0.2) is 53.3 Å². The van der Waals surface area contributed by atoms with Gasteiger partial charge in [0, 0.05) is 0 Å². The maximum Gasteiger partial charge on any atom is 0.312 e. The van der Waals surface area contributed by atoms with Crippen LogP contribution in [0.3, 0.4) is 0 Å². The number of esters is 1. The SMILES string of the molecule is CC1=CCCC(C)=C1OCC(C)C(=O)OCc1ccccc1. The van der Waals surface area contributed by atoms with E-state index in [1.165, 1.54) is 5.57 Å². The zero-order chi connectivity index (χ0) is 15.9. The monoisotopic (exact) mass is 300 g/mol. The molecule has 0 aromatic heterocycles. The number of benzene rings is 1. The van der Waals surface area contributed by atoms with Gasteiger partial charge in [-0.1, -0.05) is 36.4 Å². The Morgan fingerprint density at radius 2 is 1.95 bits per heavy atom. The number of ether oxygens (including phenoxy) is 2. The Balaban J connectivity index is 1.80. The molecule has 3 heteroatoms. The second-order valence-corrected chi connectivity index (χ2v) is 5.84. The van der Waals surface area contributed by atoms with Gasteiger partial charge in [-0.3, -0.25) is 4.79 Å². The highest BCUT2D eigenvalue weighted by atomic mass is 16.5. The van der Waals surface area contributed by atoms with E-state index >= 15 is 0 Å². The van der Waals surface area contributed by atoms with Gasteiger partial charge in [0.2, 0.25) is 0 Å². The molecule has 0 N–H and O–H groups in total.